The van der Waals surface area contributed by atoms with E-state index in [0.717, 1.165) is 32.1 Å². The van der Waals surface area contributed by atoms with Crippen LogP contribution >= 0.6 is 0 Å². The summed E-state index contributed by atoms with van der Waals surface area (Å²) >= 11 is 0. The molecule has 3 rings (SSSR count). The number of aliphatic hydroxyl groups is 11. The number of rotatable bonds is 55. The number of carbonyl (C=O) groups is 1. The first-order valence-electron chi connectivity index (χ1n) is 35.4. The molecule has 3 aliphatic heterocycles. The van der Waals surface area contributed by atoms with Crippen molar-refractivity contribution < 1.29 is 89.4 Å². The Labute approximate surface area is 525 Å². The first-order chi connectivity index (χ1) is 42.3. The van der Waals surface area contributed by atoms with Crippen molar-refractivity contribution in [3.63, 3.8) is 0 Å². The number of carbonyl (C=O) groups excluding carboxylic acids is 1. The molecule has 1 amide bonds. The molecule has 0 bridgehead atoms. The minimum atomic E-state index is -1.97. The molecule has 3 saturated heterocycles. The van der Waals surface area contributed by atoms with Crippen LogP contribution in [0.25, 0.3) is 0 Å². The van der Waals surface area contributed by atoms with E-state index >= 15 is 0 Å². The van der Waals surface area contributed by atoms with Gasteiger partial charge in [0.15, 0.2) is 18.9 Å². The lowest BCUT2D eigenvalue weighted by Crippen LogP contribution is -2.66. The van der Waals surface area contributed by atoms with Gasteiger partial charge in [-0.15, -0.1) is 0 Å². The lowest BCUT2D eigenvalue weighted by molar-refractivity contribution is -0.379. The van der Waals surface area contributed by atoms with Gasteiger partial charge in [-0.25, -0.2) is 0 Å². The van der Waals surface area contributed by atoms with E-state index in [2.05, 4.69) is 12.2 Å². The van der Waals surface area contributed by atoms with E-state index in [-0.39, 0.29) is 18.9 Å². The number of ether oxygens (including phenoxy) is 6. The summed E-state index contributed by atoms with van der Waals surface area (Å²) in [6.45, 7) is 1.58. The maximum Gasteiger partial charge on any atom is 0.220 e. The van der Waals surface area contributed by atoms with Crippen molar-refractivity contribution >= 4 is 5.91 Å². The van der Waals surface area contributed by atoms with Gasteiger partial charge in [-0.2, -0.15) is 0 Å². The van der Waals surface area contributed by atoms with Gasteiger partial charge < -0.3 is 89.9 Å². The van der Waals surface area contributed by atoms with Gasteiger partial charge in [0.1, 0.15) is 73.2 Å². The van der Waals surface area contributed by atoms with Gasteiger partial charge in [-0.05, 0) is 12.8 Å². The zero-order valence-corrected chi connectivity index (χ0v) is 54.3. The zero-order valence-electron chi connectivity index (χ0n) is 54.3. The summed E-state index contributed by atoms with van der Waals surface area (Å²) in [5.74, 6) is -0.280. The molecule has 0 aromatic heterocycles. The average molecular weight is 1250 g/mol. The SMILES string of the molecule is CCCC/C=C/C(O)C(COC1OC(CO)C(OC2OC(CO)C(OC3OC(CO)C(O)C(O)C3O)C(O)C2O)C(O)C1O)NC(=O)CCCCCCCCCCCCCCCCCCCCCCCCCCCCCCCCCCCCCCCC. The number of hydrogen-bond acceptors (Lipinski definition) is 18. The fourth-order valence-corrected chi connectivity index (χ4v) is 12.3. The Kier molecular flexibility index (Phi) is 46.8. The Hall–Kier alpha value is -1.47. The highest BCUT2D eigenvalue weighted by Gasteiger charge is 2.53. The summed E-state index contributed by atoms with van der Waals surface area (Å²) < 4.78 is 34.1. The van der Waals surface area contributed by atoms with Gasteiger partial charge in [-0.1, -0.05) is 276 Å². The maximum absolute atomic E-state index is 13.2. The van der Waals surface area contributed by atoms with E-state index in [9.17, 15) is 61.0 Å². The highest BCUT2D eigenvalue weighted by molar-refractivity contribution is 5.76. The van der Waals surface area contributed by atoms with Crippen LogP contribution in [0.15, 0.2) is 12.2 Å². The highest BCUT2D eigenvalue weighted by Crippen LogP contribution is 2.33. The van der Waals surface area contributed by atoms with Crippen molar-refractivity contribution in [3.05, 3.63) is 12.2 Å². The first kappa shape index (κ1) is 79.8. The summed E-state index contributed by atoms with van der Waals surface area (Å²) in [5, 5.41) is 119. The molecule has 19 heteroatoms. The minimum absolute atomic E-state index is 0.247. The molecule has 87 heavy (non-hydrogen) atoms. The highest BCUT2D eigenvalue weighted by atomic mass is 16.8. The van der Waals surface area contributed by atoms with Gasteiger partial charge in [0.05, 0.1) is 38.6 Å². The molecule has 3 aliphatic rings. The topological polar surface area (TPSA) is 307 Å². The number of nitrogens with one attached hydrogen (secondary N) is 1. The molecule has 0 spiro atoms. The molecule has 3 heterocycles. The predicted octanol–water partition coefficient (Wildman–Crippen LogP) is 9.28. The molecule has 3 fully saturated rings. The lowest BCUT2D eigenvalue weighted by Gasteiger charge is -2.48. The molecule has 514 valence electrons. The van der Waals surface area contributed by atoms with E-state index < -0.39 is 124 Å². The second kappa shape index (κ2) is 51.0. The maximum atomic E-state index is 13.2. The summed E-state index contributed by atoms with van der Waals surface area (Å²) in [6.07, 6.45) is 30.8. The Morgan fingerprint density at radius 1 is 0.402 bits per heavy atom. The first-order valence-corrected chi connectivity index (χ1v) is 35.4. The van der Waals surface area contributed by atoms with Crippen LogP contribution in [0.5, 0.6) is 0 Å². The van der Waals surface area contributed by atoms with Crippen LogP contribution in [0.2, 0.25) is 0 Å². The fraction of sp³-hybridized carbons (Fsp3) is 0.956. The van der Waals surface area contributed by atoms with Crippen LogP contribution in [0.3, 0.4) is 0 Å². The molecule has 0 saturated carbocycles. The monoisotopic (exact) mass is 1250 g/mol. The third-order valence-corrected chi connectivity index (χ3v) is 18.1. The molecular formula is C68H129NO18. The molecule has 17 atom stereocenters. The van der Waals surface area contributed by atoms with E-state index in [1.807, 2.05) is 13.0 Å². The summed E-state index contributed by atoms with van der Waals surface area (Å²) in [6, 6.07) is -0.964. The van der Waals surface area contributed by atoms with Crippen LogP contribution in [0.1, 0.15) is 284 Å². The van der Waals surface area contributed by atoms with Crippen molar-refractivity contribution in [2.45, 2.75) is 388 Å². The normalized spacial score (nSPS) is 28.6. The van der Waals surface area contributed by atoms with Gasteiger partial charge in [0.2, 0.25) is 5.91 Å². The van der Waals surface area contributed by atoms with Crippen molar-refractivity contribution in [1.29, 1.82) is 0 Å². The van der Waals surface area contributed by atoms with Gasteiger partial charge >= 0.3 is 0 Å². The molecule has 0 aromatic rings. The second-order valence-electron chi connectivity index (χ2n) is 25.7. The second-order valence-corrected chi connectivity index (χ2v) is 25.7. The third-order valence-electron chi connectivity index (χ3n) is 18.1. The number of allylic oxidation sites excluding steroid dienone is 1. The van der Waals surface area contributed by atoms with Gasteiger partial charge in [0, 0.05) is 6.42 Å². The van der Waals surface area contributed by atoms with Crippen molar-refractivity contribution in [2.75, 3.05) is 26.4 Å². The van der Waals surface area contributed by atoms with Crippen LogP contribution in [-0.4, -0.2) is 193 Å². The molecule has 0 aromatic carbocycles. The molecule has 0 radical (unpaired) electrons. The van der Waals surface area contributed by atoms with Crippen LogP contribution in [0, 0.1) is 0 Å². The Morgan fingerprint density at radius 2 is 0.713 bits per heavy atom. The van der Waals surface area contributed by atoms with E-state index in [1.165, 1.54) is 218 Å². The lowest BCUT2D eigenvalue weighted by atomic mass is 9.96. The zero-order chi connectivity index (χ0) is 63.3. The van der Waals surface area contributed by atoms with Crippen molar-refractivity contribution in [2.24, 2.45) is 0 Å². The number of unbranched alkanes of at least 4 members (excludes halogenated alkanes) is 39. The largest absolute Gasteiger partial charge is 0.394 e. The molecule has 17 unspecified atom stereocenters. The third kappa shape index (κ3) is 33.3. The average Bonchev–Trinajstić information content (AvgIpc) is 1.63. The van der Waals surface area contributed by atoms with E-state index in [4.69, 9.17) is 28.4 Å². The summed E-state index contributed by atoms with van der Waals surface area (Å²) in [7, 11) is 0. The predicted molar refractivity (Wildman–Crippen MR) is 337 cm³/mol. The molecule has 19 nitrogen and oxygen atoms in total. The Morgan fingerprint density at radius 3 is 1.07 bits per heavy atom. The number of amides is 1. The van der Waals surface area contributed by atoms with Gasteiger partial charge in [0.25, 0.3) is 0 Å². The van der Waals surface area contributed by atoms with Crippen LogP contribution in [-0.2, 0) is 33.2 Å². The number of aliphatic hydroxyl groups excluding tert-OH is 11. The van der Waals surface area contributed by atoms with E-state index in [0.29, 0.717) is 12.8 Å². The Balaban J connectivity index is 1.20. The van der Waals surface area contributed by atoms with Crippen LogP contribution < -0.4 is 5.32 Å². The van der Waals surface area contributed by atoms with E-state index in [1.54, 1.807) is 6.08 Å². The van der Waals surface area contributed by atoms with Crippen LogP contribution in [0.4, 0.5) is 0 Å². The van der Waals surface area contributed by atoms with Gasteiger partial charge in [-0.3, -0.25) is 4.79 Å². The fourth-order valence-electron chi connectivity index (χ4n) is 12.3. The van der Waals surface area contributed by atoms with Crippen molar-refractivity contribution in [1.82, 2.24) is 5.32 Å². The molecule has 12 N–H and O–H groups in total. The summed E-state index contributed by atoms with van der Waals surface area (Å²) in [4.78, 5) is 13.2. The Bertz CT molecular complexity index is 1630. The number of hydrogen-bond donors (Lipinski definition) is 12. The van der Waals surface area contributed by atoms with Crippen molar-refractivity contribution in [3.8, 4) is 0 Å². The summed E-state index contributed by atoms with van der Waals surface area (Å²) in [5.41, 5.74) is 0. The minimum Gasteiger partial charge on any atom is -0.394 e. The smallest absolute Gasteiger partial charge is 0.220 e. The molecule has 0 aliphatic carbocycles. The standard InChI is InChI=1S/C68H129NO18/c1-3-5-7-9-10-11-12-13-14-15-16-17-18-19-20-21-22-23-24-25-26-27-28-29-30-31-32-33-34-35-36-37-38-39-40-41-42-44-46-56(74)69-51(52(73)45-43-8-6-4-2)50-82-66-62(80)59(77)64(54(48-71)84-66)87-68-63(81)60(78)65(55(49-72)85-68)86-67-61(79)58(76)57(75)53(47-70)83-67/h43,45,51-55,57-68,70-73,75-81H,3-42,44,46-50H2,1-2H3,(H,69,74)/b45-43+. The molecular weight excluding hydrogens is 1120 g/mol. The quantitative estimate of drug-likeness (QED) is 0.0199.